The molecule has 0 unspecified atom stereocenters. The summed E-state index contributed by atoms with van der Waals surface area (Å²) >= 11 is 0. The fraction of sp³-hybridized carbons (Fsp3) is 0.167. The fourth-order valence-electron chi connectivity index (χ4n) is 3.44. The van der Waals surface area contributed by atoms with Gasteiger partial charge in [-0.15, -0.1) is 0 Å². The second-order valence-electron chi connectivity index (χ2n) is 7.18. The molecule has 1 aliphatic rings. The van der Waals surface area contributed by atoms with Gasteiger partial charge in [0.2, 0.25) is 0 Å². The number of carbonyl (C=O) groups excluding carboxylic acids is 1. The molecule has 1 heterocycles. The predicted molar refractivity (Wildman–Crippen MR) is 118 cm³/mol. The molecule has 0 saturated carbocycles. The third-order valence-electron chi connectivity index (χ3n) is 5.06. The van der Waals surface area contributed by atoms with Gasteiger partial charge in [-0.1, -0.05) is 18.2 Å². The Morgan fingerprint density at radius 3 is 2.43 bits per heavy atom. The van der Waals surface area contributed by atoms with Crippen molar-refractivity contribution in [1.29, 1.82) is 0 Å². The number of carbonyl (C=O) groups is 1. The smallest absolute Gasteiger partial charge is 0.255 e. The number of anilines is 2. The quantitative estimate of drug-likeness (QED) is 0.580. The Balaban J connectivity index is 1.51. The van der Waals surface area contributed by atoms with Crippen molar-refractivity contribution in [2.24, 2.45) is 4.99 Å². The van der Waals surface area contributed by atoms with Gasteiger partial charge >= 0.3 is 0 Å². The second-order valence-corrected chi connectivity index (χ2v) is 7.18. The third-order valence-corrected chi connectivity index (χ3v) is 5.06. The molecule has 0 bridgehead atoms. The number of benzene rings is 3. The van der Waals surface area contributed by atoms with Crippen LogP contribution in [0.3, 0.4) is 0 Å². The van der Waals surface area contributed by atoms with Gasteiger partial charge in [0.15, 0.2) is 11.6 Å². The van der Waals surface area contributed by atoms with Crippen LogP contribution in [0.5, 0.6) is 5.75 Å². The lowest BCUT2D eigenvalue weighted by Crippen LogP contribution is -2.17. The molecule has 30 heavy (non-hydrogen) atoms. The van der Waals surface area contributed by atoms with Crippen LogP contribution in [-0.4, -0.2) is 30.3 Å². The summed E-state index contributed by atoms with van der Waals surface area (Å²) in [5.41, 5.74) is 2.64. The summed E-state index contributed by atoms with van der Waals surface area (Å²) in [7, 11) is 0. The van der Waals surface area contributed by atoms with E-state index >= 15 is 0 Å². The van der Waals surface area contributed by atoms with Crippen molar-refractivity contribution in [3.8, 4) is 5.75 Å². The first-order valence-corrected chi connectivity index (χ1v) is 9.88. The Hall–Kier alpha value is -3.67. The summed E-state index contributed by atoms with van der Waals surface area (Å²) in [6.07, 6.45) is 3.73. The summed E-state index contributed by atoms with van der Waals surface area (Å²) in [5.74, 6) is -1.88. The van der Waals surface area contributed by atoms with Crippen molar-refractivity contribution in [3.63, 3.8) is 0 Å². The summed E-state index contributed by atoms with van der Waals surface area (Å²) in [6.45, 7) is 2.09. The molecule has 3 aromatic carbocycles. The zero-order chi connectivity index (χ0) is 20.9. The lowest BCUT2D eigenvalue weighted by Gasteiger charge is -2.17. The van der Waals surface area contributed by atoms with E-state index in [1.165, 1.54) is 25.1 Å². The average Bonchev–Trinajstić information content (AvgIpc) is 3.31. The number of hydrogen-bond acceptors (Lipinski definition) is 4. The molecule has 0 aliphatic carbocycles. The first-order valence-electron chi connectivity index (χ1n) is 9.88. The molecule has 1 amide bonds. The van der Waals surface area contributed by atoms with Crippen LogP contribution in [0.15, 0.2) is 71.7 Å². The number of nitrogens with zero attached hydrogens (tertiary/aromatic N) is 2. The standard InChI is InChI=1S/C24H22FN3O2/c25-22-15-17(14-18(23(22)29)16-26-19-6-2-1-3-7-19)24(30)27-20-8-10-21(11-9-20)28-12-4-5-13-28/h1-3,6-11,14-16,29H,4-5,12-13H2,(H,27,30)/b26-16+. The monoisotopic (exact) mass is 403 g/mol. The highest BCUT2D eigenvalue weighted by molar-refractivity contribution is 6.05. The molecule has 1 fully saturated rings. The molecule has 6 heteroatoms. The Morgan fingerprint density at radius 2 is 1.73 bits per heavy atom. The van der Waals surface area contributed by atoms with Gasteiger partial charge < -0.3 is 15.3 Å². The maximum atomic E-state index is 14.2. The summed E-state index contributed by atoms with van der Waals surface area (Å²) in [5, 5.41) is 12.8. The number of aromatic hydroxyl groups is 1. The van der Waals surface area contributed by atoms with Crippen LogP contribution in [0.2, 0.25) is 0 Å². The average molecular weight is 403 g/mol. The topological polar surface area (TPSA) is 64.9 Å². The van der Waals surface area contributed by atoms with E-state index in [9.17, 15) is 14.3 Å². The van der Waals surface area contributed by atoms with Gasteiger partial charge in [-0.3, -0.25) is 9.79 Å². The van der Waals surface area contributed by atoms with Crippen molar-refractivity contribution < 1.29 is 14.3 Å². The minimum Gasteiger partial charge on any atom is -0.504 e. The van der Waals surface area contributed by atoms with Gasteiger partial charge in [0.05, 0.1) is 5.69 Å². The zero-order valence-electron chi connectivity index (χ0n) is 16.4. The van der Waals surface area contributed by atoms with Gasteiger partial charge in [-0.2, -0.15) is 0 Å². The molecule has 2 N–H and O–H groups in total. The molecule has 1 saturated heterocycles. The van der Waals surface area contributed by atoms with Gasteiger partial charge in [-0.05, 0) is 61.4 Å². The van der Waals surface area contributed by atoms with Crippen LogP contribution in [0.4, 0.5) is 21.5 Å². The molecule has 5 nitrogen and oxygen atoms in total. The molecule has 4 rings (SSSR count). The minimum absolute atomic E-state index is 0.100. The van der Waals surface area contributed by atoms with Gasteiger partial charge in [0, 0.05) is 41.8 Å². The first kappa shape index (κ1) is 19.6. The van der Waals surface area contributed by atoms with Crippen molar-refractivity contribution in [1.82, 2.24) is 0 Å². The van der Waals surface area contributed by atoms with E-state index in [1.807, 2.05) is 42.5 Å². The second kappa shape index (κ2) is 8.78. The maximum Gasteiger partial charge on any atom is 0.255 e. The Bertz CT molecular complexity index is 1060. The maximum absolute atomic E-state index is 14.2. The van der Waals surface area contributed by atoms with Gasteiger partial charge in [0.25, 0.3) is 5.91 Å². The molecule has 0 atom stereocenters. The Kier molecular flexibility index (Phi) is 5.75. The minimum atomic E-state index is -0.874. The summed E-state index contributed by atoms with van der Waals surface area (Å²) in [4.78, 5) is 19.2. The lowest BCUT2D eigenvalue weighted by molar-refractivity contribution is 0.102. The number of halogens is 1. The number of aliphatic imine (C=N–C) groups is 1. The highest BCUT2D eigenvalue weighted by Gasteiger charge is 2.15. The fourth-order valence-corrected chi connectivity index (χ4v) is 3.44. The van der Waals surface area contributed by atoms with Crippen LogP contribution < -0.4 is 10.2 Å². The van der Waals surface area contributed by atoms with Crippen LogP contribution in [0, 0.1) is 5.82 Å². The van der Waals surface area contributed by atoms with Gasteiger partial charge in [-0.25, -0.2) is 4.39 Å². The van der Waals surface area contributed by atoms with E-state index in [4.69, 9.17) is 0 Å². The van der Waals surface area contributed by atoms with Crippen LogP contribution >= 0.6 is 0 Å². The predicted octanol–water partition coefficient (Wildman–Crippen LogP) is 5.13. The van der Waals surface area contributed by atoms with Gasteiger partial charge in [0.1, 0.15) is 0 Å². The van der Waals surface area contributed by atoms with E-state index in [-0.39, 0.29) is 11.1 Å². The molecule has 0 aromatic heterocycles. The SMILES string of the molecule is O=C(Nc1ccc(N2CCCC2)cc1)c1cc(F)c(O)c(/C=N/c2ccccc2)c1. The number of rotatable bonds is 5. The largest absolute Gasteiger partial charge is 0.504 e. The number of nitrogens with one attached hydrogen (secondary N) is 1. The van der Waals surface area contributed by atoms with Crippen LogP contribution in [-0.2, 0) is 0 Å². The van der Waals surface area contributed by atoms with E-state index < -0.39 is 17.5 Å². The molecular weight excluding hydrogens is 381 g/mol. The molecule has 3 aromatic rings. The highest BCUT2D eigenvalue weighted by atomic mass is 19.1. The molecule has 0 spiro atoms. The number of hydrogen-bond donors (Lipinski definition) is 2. The number of para-hydroxylation sites is 1. The highest BCUT2D eigenvalue weighted by Crippen LogP contribution is 2.25. The summed E-state index contributed by atoms with van der Waals surface area (Å²) in [6, 6.07) is 19.1. The summed E-state index contributed by atoms with van der Waals surface area (Å²) < 4.78 is 14.2. The van der Waals surface area contributed by atoms with Crippen LogP contribution in [0.1, 0.15) is 28.8 Å². The van der Waals surface area contributed by atoms with E-state index in [1.54, 1.807) is 12.1 Å². The Morgan fingerprint density at radius 1 is 1.03 bits per heavy atom. The number of phenolic OH excluding ortho intramolecular Hbond substituents is 1. The zero-order valence-corrected chi connectivity index (χ0v) is 16.4. The first-order chi connectivity index (χ1) is 14.6. The number of phenols is 1. The van der Waals surface area contributed by atoms with Crippen LogP contribution in [0.25, 0.3) is 0 Å². The van der Waals surface area contributed by atoms with Crippen molar-refractivity contribution in [3.05, 3.63) is 83.7 Å². The van der Waals surface area contributed by atoms with Crippen molar-refractivity contribution in [2.45, 2.75) is 12.8 Å². The van der Waals surface area contributed by atoms with Crippen molar-refractivity contribution >= 4 is 29.2 Å². The normalized spacial score (nSPS) is 13.7. The molecule has 0 radical (unpaired) electrons. The molecule has 1 aliphatic heterocycles. The third kappa shape index (κ3) is 4.49. The molecule has 152 valence electrons. The lowest BCUT2D eigenvalue weighted by atomic mass is 10.1. The van der Waals surface area contributed by atoms with E-state index in [2.05, 4.69) is 15.2 Å². The van der Waals surface area contributed by atoms with E-state index in [0.29, 0.717) is 11.4 Å². The number of amides is 1. The molecular formula is C24H22FN3O2. The Labute approximate surface area is 174 Å². The van der Waals surface area contributed by atoms with E-state index in [0.717, 1.165) is 24.8 Å². The van der Waals surface area contributed by atoms with Crippen molar-refractivity contribution in [2.75, 3.05) is 23.3 Å².